The minimum atomic E-state index is 0.122. The van der Waals surface area contributed by atoms with Crippen molar-refractivity contribution in [3.8, 4) is 17.7 Å². The monoisotopic (exact) mass is 302 g/mol. The molecule has 2 rings (SSSR count). The zero-order valence-corrected chi connectivity index (χ0v) is 13.0. The van der Waals surface area contributed by atoms with E-state index in [4.69, 9.17) is 16.3 Å². The predicted molar refractivity (Wildman–Crippen MR) is 85.3 cm³/mol. The molecule has 110 valence electrons. The Bertz CT molecular complexity index is 580. The first-order valence-corrected chi connectivity index (χ1v) is 7.41. The van der Waals surface area contributed by atoms with Crippen LogP contribution in [0.15, 0.2) is 30.9 Å². The molecule has 3 nitrogen and oxygen atoms in total. The Balaban J connectivity index is 2.00. The van der Waals surface area contributed by atoms with Crippen LogP contribution >= 0.6 is 11.6 Å². The maximum atomic E-state index is 5.96. The average Bonchev–Trinajstić information content (AvgIpc) is 2.41. The number of hydrogen-bond donors (Lipinski definition) is 0. The van der Waals surface area contributed by atoms with Crippen LogP contribution in [0, 0.1) is 24.7 Å². The Morgan fingerprint density at radius 1 is 1.52 bits per heavy atom. The summed E-state index contributed by atoms with van der Waals surface area (Å²) in [6, 6.07) is 1.66. The van der Waals surface area contributed by atoms with Gasteiger partial charge in [0.2, 0.25) is 5.88 Å². The normalized spacial score (nSPS) is 21.3. The minimum Gasteiger partial charge on any atom is -0.474 e. The summed E-state index contributed by atoms with van der Waals surface area (Å²) in [4.78, 5) is 8.30. The number of ether oxygens (including phenoxy) is 1. The van der Waals surface area contributed by atoms with Gasteiger partial charge < -0.3 is 4.74 Å². The molecule has 2 atom stereocenters. The summed E-state index contributed by atoms with van der Waals surface area (Å²) in [5, 5.41) is 0.408. The van der Waals surface area contributed by atoms with E-state index in [1.165, 1.54) is 5.57 Å². The summed E-state index contributed by atoms with van der Waals surface area (Å²) in [5.41, 5.74) is 1.25. The molecule has 1 aliphatic rings. The predicted octanol–water partition coefficient (Wildman–Crippen LogP) is 4.12. The molecule has 1 fully saturated rings. The second-order valence-electron chi connectivity index (χ2n) is 5.17. The van der Waals surface area contributed by atoms with E-state index in [1.54, 1.807) is 19.1 Å². The van der Waals surface area contributed by atoms with Crippen molar-refractivity contribution in [1.29, 1.82) is 0 Å². The topological polar surface area (TPSA) is 35.0 Å². The molecular weight excluding hydrogens is 284 g/mol. The maximum absolute atomic E-state index is 5.96. The Hall–Kier alpha value is -1.79. The van der Waals surface area contributed by atoms with E-state index in [0.29, 0.717) is 22.8 Å². The third-order valence-electron chi connectivity index (χ3n) is 3.54. The molecule has 1 aromatic heterocycles. The van der Waals surface area contributed by atoms with E-state index in [1.807, 2.05) is 0 Å². The highest BCUT2D eigenvalue weighted by Crippen LogP contribution is 2.32. The van der Waals surface area contributed by atoms with Gasteiger partial charge in [-0.05, 0) is 38.2 Å². The molecular formula is C17H19ClN2O. The highest BCUT2D eigenvalue weighted by Gasteiger charge is 2.26. The Kier molecular flexibility index (Phi) is 5.41. The third kappa shape index (κ3) is 4.61. The van der Waals surface area contributed by atoms with E-state index in [2.05, 4.69) is 35.0 Å². The summed E-state index contributed by atoms with van der Waals surface area (Å²) in [7, 11) is 0. The zero-order chi connectivity index (χ0) is 15.2. The minimum absolute atomic E-state index is 0.122. The second-order valence-corrected chi connectivity index (χ2v) is 5.56. The molecule has 0 N–H and O–H groups in total. The maximum Gasteiger partial charge on any atom is 0.218 e. The van der Waals surface area contributed by atoms with E-state index in [9.17, 15) is 0 Å². The van der Waals surface area contributed by atoms with Crippen molar-refractivity contribution in [2.24, 2.45) is 5.92 Å². The fourth-order valence-corrected chi connectivity index (χ4v) is 2.69. The molecule has 1 aromatic rings. The van der Waals surface area contributed by atoms with Gasteiger partial charge in [0, 0.05) is 12.5 Å². The van der Waals surface area contributed by atoms with Crippen LogP contribution in [0.3, 0.4) is 0 Å². The lowest BCUT2D eigenvalue weighted by molar-refractivity contribution is 0.141. The van der Waals surface area contributed by atoms with E-state index in [0.717, 1.165) is 25.7 Å². The summed E-state index contributed by atoms with van der Waals surface area (Å²) in [6.45, 7) is 9.55. The first-order valence-electron chi connectivity index (χ1n) is 7.03. The van der Waals surface area contributed by atoms with Crippen LogP contribution in [-0.2, 0) is 0 Å². The fourth-order valence-electron chi connectivity index (χ4n) is 2.48. The number of aryl methyl sites for hydroxylation is 1. The summed E-state index contributed by atoms with van der Waals surface area (Å²) in [5.74, 6) is 7.53. The van der Waals surface area contributed by atoms with Crippen molar-refractivity contribution in [1.82, 2.24) is 9.97 Å². The van der Waals surface area contributed by atoms with Crippen molar-refractivity contribution in [2.75, 3.05) is 0 Å². The van der Waals surface area contributed by atoms with Gasteiger partial charge in [0.15, 0.2) is 0 Å². The van der Waals surface area contributed by atoms with Gasteiger partial charge in [-0.15, -0.1) is 0 Å². The van der Waals surface area contributed by atoms with Gasteiger partial charge in [0.25, 0.3) is 0 Å². The van der Waals surface area contributed by atoms with Crippen molar-refractivity contribution < 1.29 is 4.74 Å². The SMILES string of the molecule is C=CC#CC[C@@H]1C[C@@H](Oc2cc(Cl)nc(C)n2)CCC1=C. The number of halogens is 1. The van der Waals surface area contributed by atoms with E-state index in [-0.39, 0.29) is 6.10 Å². The first kappa shape index (κ1) is 15.6. The summed E-state index contributed by atoms with van der Waals surface area (Å²) < 4.78 is 5.96. The van der Waals surface area contributed by atoms with Gasteiger partial charge in [-0.1, -0.05) is 42.2 Å². The molecule has 0 amide bonds. The Morgan fingerprint density at radius 3 is 3.05 bits per heavy atom. The molecule has 0 unspecified atom stereocenters. The second kappa shape index (κ2) is 7.28. The van der Waals surface area contributed by atoms with Crippen LogP contribution in [0.4, 0.5) is 0 Å². The van der Waals surface area contributed by atoms with Crippen molar-refractivity contribution >= 4 is 11.6 Å². The van der Waals surface area contributed by atoms with Gasteiger partial charge in [0.1, 0.15) is 17.1 Å². The van der Waals surface area contributed by atoms with Crippen LogP contribution in [0.25, 0.3) is 0 Å². The molecule has 0 aromatic carbocycles. The summed E-state index contributed by atoms with van der Waals surface area (Å²) >= 11 is 5.93. The largest absolute Gasteiger partial charge is 0.474 e. The molecule has 0 bridgehead atoms. The van der Waals surface area contributed by atoms with Crippen LogP contribution in [-0.4, -0.2) is 16.1 Å². The van der Waals surface area contributed by atoms with Gasteiger partial charge in [0.05, 0.1) is 0 Å². The van der Waals surface area contributed by atoms with Gasteiger partial charge in [-0.2, -0.15) is 4.98 Å². The molecule has 0 aliphatic heterocycles. The number of hydrogen-bond acceptors (Lipinski definition) is 3. The highest BCUT2D eigenvalue weighted by molar-refractivity contribution is 6.29. The summed E-state index contributed by atoms with van der Waals surface area (Å²) in [6.07, 6.45) is 5.36. The fraction of sp³-hybridized carbons (Fsp3) is 0.412. The van der Waals surface area contributed by atoms with Gasteiger partial charge >= 0.3 is 0 Å². The van der Waals surface area contributed by atoms with Crippen molar-refractivity contribution in [3.63, 3.8) is 0 Å². The lowest BCUT2D eigenvalue weighted by Gasteiger charge is -2.30. The van der Waals surface area contributed by atoms with Crippen LogP contribution in [0.1, 0.15) is 31.5 Å². The molecule has 1 aliphatic carbocycles. The Morgan fingerprint density at radius 2 is 2.33 bits per heavy atom. The molecule has 0 radical (unpaired) electrons. The standard InChI is InChI=1S/C17H19ClN2O/c1-4-5-6-7-14-10-15(9-8-12(14)2)21-17-11-16(18)19-13(3)20-17/h4,11,14-15H,1-2,7-10H2,3H3/t14-,15+/m1/s1. The Labute approximate surface area is 131 Å². The highest BCUT2D eigenvalue weighted by atomic mass is 35.5. The van der Waals surface area contributed by atoms with Crippen LogP contribution < -0.4 is 4.74 Å². The van der Waals surface area contributed by atoms with E-state index >= 15 is 0 Å². The van der Waals surface area contributed by atoms with Gasteiger partial charge in [-0.25, -0.2) is 4.98 Å². The molecule has 4 heteroatoms. The number of aromatic nitrogens is 2. The molecule has 0 saturated heterocycles. The number of rotatable bonds is 3. The lowest BCUT2D eigenvalue weighted by atomic mass is 9.81. The average molecular weight is 303 g/mol. The quantitative estimate of drug-likeness (QED) is 0.478. The van der Waals surface area contributed by atoms with Gasteiger partial charge in [-0.3, -0.25) is 0 Å². The first-order chi connectivity index (χ1) is 10.1. The van der Waals surface area contributed by atoms with E-state index < -0.39 is 0 Å². The molecule has 1 heterocycles. The van der Waals surface area contributed by atoms with Crippen LogP contribution in [0.5, 0.6) is 5.88 Å². The smallest absolute Gasteiger partial charge is 0.218 e. The third-order valence-corrected chi connectivity index (χ3v) is 3.73. The molecule has 0 spiro atoms. The molecule has 21 heavy (non-hydrogen) atoms. The molecule has 1 saturated carbocycles. The number of nitrogens with zero attached hydrogens (tertiary/aromatic N) is 2. The zero-order valence-electron chi connectivity index (χ0n) is 12.2. The lowest BCUT2D eigenvalue weighted by Crippen LogP contribution is -2.27. The van der Waals surface area contributed by atoms with Crippen molar-refractivity contribution in [2.45, 2.75) is 38.7 Å². The number of allylic oxidation sites excluding steroid dienone is 2. The van der Waals surface area contributed by atoms with Crippen LogP contribution in [0.2, 0.25) is 5.15 Å². The van der Waals surface area contributed by atoms with Crippen molar-refractivity contribution in [3.05, 3.63) is 41.9 Å².